The van der Waals surface area contributed by atoms with Gasteiger partial charge in [-0.15, -0.1) is 0 Å². The third-order valence-corrected chi connectivity index (χ3v) is 2.09. The Morgan fingerprint density at radius 2 is 2.31 bits per heavy atom. The monoisotopic (exact) mass is 219 g/mol. The van der Waals surface area contributed by atoms with Crippen molar-refractivity contribution in [2.45, 2.75) is 0 Å². The van der Waals surface area contributed by atoms with Crippen molar-refractivity contribution in [3.63, 3.8) is 0 Å². The van der Waals surface area contributed by atoms with E-state index >= 15 is 0 Å². The molecular formula is C10H9N3O3. The molecule has 16 heavy (non-hydrogen) atoms. The molecule has 6 nitrogen and oxygen atoms in total. The van der Waals surface area contributed by atoms with Gasteiger partial charge in [-0.1, -0.05) is 0 Å². The van der Waals surface area contributed by atoms with E-state index < -0.39 is 0 Å². The Kier molecular flexibility index (Phi) is 2.63. The minimum Gasteiger partial charge on any atom is -0.469 e. The zero-order valence-electron chi connectivity index (χ0n) is 8.58. The number of aromatic nitrogens is 3. The van der Waals surface area contributed by atoms with Crippen molar-refractivity contribution < 1.29 is 9.53 Å². The Labute approximate surface area is 90.5 Å². The van der Waals surface area contributed by atoms with Crippen LogP contribution < -0.4 is 10.3 Å². The van der Waals surface area contributed by atoms with Gasteiger partial charge >= 0.3 is 0 Å². The summed E-state index contributed by atoms with van der Waals surface area (Å²) in [6.45, 7) is -0.0824. The Morgan fingerprint density at radius 1 is 1.50 bits per heavy atom. The van der Waals surface area contributed by atoms with Gasteiger partial charge in [-0.3, -0.25) is 14.2 Å². The molecule has 0 unspecified atom stereocenters. The normalized spacial score (nSPS) is 10.3. The SMILES string of the molecule is Cn1c(=O)ccc2ncc(OCC=O)nc21. The molecule has 2 aromatic rings. The number of hydrogen-bond donors (Lipinski definition) is 0. The van der Waals surface area contributed by atoms with Gasteiger partial charge in [0.05, 0.1) is 6.20 Å². The molecule has 0 saturated heterocycles. The first-order valence-electron chi connectivity index (χ1n) is 4.61. The molecule has 82 valence electrons. The number of carbonyl (C=O) groups excluding carboxylic acids is 1. The quantitative estimate of drug-likeness (QED) is 0.674. The molecule has 2 heterocycles. The Bertz CT molecular complexity index is 591. The van der Waals surface area contributed by atoms with Crippen LogP contribution in [0.4, 0.5) is 0 Å². The number of fused-ring (bicyclic) bond motifs is 1. The molecule has 2 aromatic heterocycles. The number of carbonyl (C=O) groups is 1. The van der Waals surface area contributed by atoms with Gasteiger partial charge in [-0.05, 0) is 6.07 Å². The molecule has 0 radical (unpaired) electrons. The number of aryl methyl sites for hydroxylation is 1. The second-order valence-electron chi connectivity index (χ2n) is 3.13. The van der Waals surface area contributed by atoms with Crippen molar-refractivity contribution >= 4 is 17.5 Å². The van der Waals surface area contributed by atoms with Crippen molar-refractivity contribution in [3.05, 3.63) is 28.7 Å². The highest BCUT2D eigenvalue weighted by molar-refractivity contribution is 5.70. The van der Waals surface area contributed by atoms with Crippen LogP contribution in [-0.4, -0.2) is 27.4 Å². The van der Waals surface area contributed by atoms with Crippen LogP contribution in [0.2, 0.25) is 0 Å². The molecular weight excluding hydrogens is 210 g/mol. The van der Waals surface area contributed by atoms with Crippen LogP contribution in [0, 0.1) is 0 Å². The van der Waals surface area contributed by atoms with Crippen molar-refractivity contribution in [2.75, 3.05) is 6.61 Å². The van der Waals surface area contributed by atoms with Crippen molar-refractivity contribution in [2.24, 2.45) is 7.05 Å². The summed E-state index contributed by atoms with van der Waals surface area (Å²) in [6, 6.07) is 3.01. The number of aldehydes is 1. The van der Waals surface area contributed by atoms with E-state index in [2.05, 4.69) is 9.97 Å². The van der Waals surface area contributed by atoms with Crippen molar-refractivity contribution in [1.29, 1.82) is 0 Å². The summed E-state index contributed by atoms with van der Waals surface area (Å²) in [6.07, 6.45) is 2.03. The summed E-state index contributed by atoms with van der Waals surface area (Å²) >= 11 is 0. The average molecular weight is 219 g/mol. The molecule has 0 saturated carbocycles. The predicted octanol–water partition coefficient (Wildman–Crippen LogP) is -0.0938. The smallest absolute Gasteiger partial charge is 0.252 e. The summed E-state index contributed by atoms with van der Waals surface area (Å²) in [5.41, 5.74) is 0.853. The predicted molar refractivity (Wildman–Crippen MR) is 56.3 cm³/mol. The van der Waals surface area contributed by atoms with E-state index in [4.69, 9.17) is 4.74 Å². The van der Waals surface area contributed by atoms with Gasteiger partial charge in [0, 0.05) is 13.1 Å². The lowest BCUT2D eigenvalue weighted by atomic mass is 10.4. The van der Waals surface area contributed by atoms with Gasteiger partial charge < -0.3 is 4.74 Å². The number of ether oxygens (including phenoxy) is 1. The number of hydrogen-bond acceptors (Lipinski definition) is 5. The highest BCUT2D eigenvalue weighted by atomic mass is 16.5. The maximum atomic E-state index is 11.4. The fourth-order valence-electron chi connectivity index (χ4n) is 1.29. The molecule has 0 amide bonds. The average Bonchev–Trinajstić information content (AvgIpc) is 2.31. The molecule has 0 bridgehead atoms. The standard InChI is InChI=1S/C10H9N3O3/c1-13-9(15)3-2-7-10(13)12-8(6-11-7)16-5-4-14/h2-4,6H,5H2,1H3. The van der Waals surface area contributed by atoms with Crippen molar-refractivity contribution in [1.82, 2.24) is 14.5 Å². The van der Waals surface area contributed by atoms with E-state index in [0.29, 0.717) is 17.5 Å². The van der Waals surface area contributed by atoms with E-state index in [-0.39, 0.29) is 18.0 Å². The Morgan fingerprint density at radius 3 is 3.06 bits per heavy atom. The number of pyridine rings is 1. The Balaban J connectivity index is 2.55. The van der Waals surface area contributed by atoms with E-state index in [9.17, 15) is 9.59 Å². The third-order valence-electron chi connectivity index (χ3n) is 2.09. The van der Waals surface area contributed by atoms with Crippen LogP contribution in [0.5, 0.6) is 5.88 Å². The fraction of sp³-hybridized carbons (Fsp3) is 0.200. The van der Waals surface area contributed by atoms with E-state index in [0.717, 1.165) is 0 Å². The van der Waals surface area contributed by atoms with Gasteiger partial charge in [0.1, 0.15) is 12.1 Å². The largest absolute Gasteiger partial charge is 0.469 e. The van der Waals surface area contributed by atoms with Crippen LogP contribution in [0.3, 0.4) is 0 Å². The van der Waals surface area contributed by atoms with E-state index in [1.807, 2.05) is 0 Å². The lowest BCUT2D eigenvalue weighted by Crippen LogP contribution is -2.16. The molecule has 0 N–H and O–H groups in total. The fourth-order valence-corrected chi connectivity index (χ4v) is 1.29. The topological polar surface area (TPSA) is 74.1 Å². The lowest BCUT2D eigenvalue weighted by Gasteiger charge is -2.04. The molecule has 0 aliphatic rings. The highest BCUT2D eigenvalue weighted by Crippen LogP contribution is 2.10. The first kappa shape index (κ1) is 10.3. The molecule has 0 spiro atoms. The second-order valence-corrected chi connectivity index (χ2v) is 3.13. The van der Waals surface area contributed by atoms with Gasteiger partial charge in [0.25, 0.3) is 5.56 Å². The van der Waals surface area contributed by atoms with Crippen LogP contribution in [-0.2, 0) is 11.8 Å². The molecule has 0 aliphatic carbocycles. The summed E-state index contributed by atoms with van der Waals surface area (Å²) in [4.78, 5) is 29.7. The van der Waals surface area contributed by atoms with Crippen LogP contribution in [0.25, 0.3) is 11.2 Å². The van der Waals surface area contributed by atoms with Crippen LogP contribution in [0.15, 0.2) is 23.1 Å². The van der Waals surface area contributed by atoms with Gasteiger partial charge in [0.15, 0.2) is 11.9 Å². The van der Waals surface area contributed by atoms with Gasteiger partial charge in [0.2, 0.25) is 5.88 Å². The zero-order valence-corrected chi connectivity index (χ0v) is 8.58. The van der Waals surface area contributed by atoms with Crippen molar-refractivity contribution in [3.8, 4) is 5.88 Å². The molecule has 6 heteroatoms. The van der Waals surface area contributed by atoms with Crippen LogP contribution in [0.1, 0.15) is 0 Å². The lowest BCUT2D eigenvalue weighted by molar-refractivity contribution is -0.109. The first-order chi connectivity index (χ1) is 7.72. The summed E-state index contributed by atoms with van der Waals surface area (Å²) in [5.74, 6) is 0.223. The van der Waals surface area contributed by atoms with Crippen LogP contribution >= 0.6 is 0 Å². The minimum atomic E-state index is -0.172. The number of rotatable bonds is 3. The summed E-state index contributed by atoms with van der Waals surface area (Å²) < 4.78 is 6.37. The molecule has 0 atom stereocenters. The second kappa shape index (κ2) is 4.09. The number of nitrogens with zero attached hydrogens (tertiary/aromatic N) is 3. The highest BCUT2D eigenvalue weighted by Gasteiger charge is 2.04. The molecule has 0 fully saturated rings. The van der Waals surface area contributed by atoms with Gasteiger partial charge in [-0.25, -0.2) is 4.98 Å². The molecule has 2 rings (SSSR count). The van der Waals surface area contributed by atoms with Gasteiger partial charge in [-0.2, -0.15) is 4.98 Å². The third kappa shape index (κ3) is 1.77. The molecule has 0 aliphatic heterocycles. The maximum absolute atomic E-state index is 11.4. The summed E-state index contributed by atoms with van der Waals surface area (Å²) in [5, 5.41) is 0. The minimum absolute atomic E-state index is 0.0824. The first-order valence-corrected chi connectivity index (χ1v) is 4.61. The maximum Gasteiger partial charge on any atom is 0.252 e. The van der Waals surface area contributed by atoms with E-state index in [1.54, 1.807) is 13.1 Å². The Hall–Kier alpha value is -2.24. The summed E-state index contributed by atoms with van der Waals surface area (Å²) in [7, 11) is 1.60. The van der Waals surface area contributed by atoms with E-state index in [1.165, 1.54) is 16.8 Å². The molecule has 0 aromatic carbocycles. The zero-order chi connectivity index (χ0) is 11.5.